The maximum Gasteiger partial charge on any atom is 0.247 e. The second-order valence-corrected chi connectivity index (χ2v) is 7.67. The van der Waals surface area contributed by atoms with Crippen LogP contribution in [-0.4, -0.2) is 44.9 Å². The van der Waals surface area contributed by atoms with Gasteiger partial charge >= 0.3 is 0 Å². The molecule has 1 heterocycles. The zero-order chi connectivity index (χ0) is 14.5. The van der Waals surface area contributed by atoms with E-state index in [-0.39, 0.29) is 9.56 Å². The highest BCUT2D eigenvalue weighted by atomic mass is 79.9. The summed E-state index contributed by atoms with van der Waals surface area (Å²) in [5.41, 5.74) is 0. The summed E-state index contributed by atoms with van der Waals surface area (Å²) >= 11 is 4.79. The number of sulfonamides is 1. The fourth-order valence-corrected chi connectivity index (χ4v) is 4.12. The van der Waals surface area contributed by atoms with E-state index in [1.54, 1.807) is 24.9 Å². The molecule has 0 aliphatic heterocycles. The molecule has 1 aromatic rings. The molecule has 8 heteroatoms. The molecule has 0 saturated carbocycles. The highest BCUT2D eigenvalue weighted by Gasteiger charge is 2.26. The van der Waals surface area contributed by atoms with Gasteiger partial charge in [0.15, 0.2) is 4.67 Å². The third kappa shape index (κ3) is 4.49. The quantitative estimate of drug-likeness (QED) is 0.759. The van der Waals surface area contributed by atoms with E-state index in [9.17, 15) is 8.42 Å². The smallest absolute Gasteiger partial charge is 0.247 e. The summed E-state index contributed by atoms with van der Waals surface area (Å²) in [5.74, 6) is 1.36. The van der Waals surface area contributed by atoms with E-state index in [0.717, 1.165) is 12.3 Å². The van der Waals surface area contributed by atoms with E-state index in [1.165, 1.54) is 4.31 Å². The number of thioether (sulfide) groups is 1. The van der Waals surface area contributed by atoms with Crippen molar-refractivity contribution in [2.24, 2.45) is 0 Å². The van der Waals surface area contributed by atoms with Crippen molar-refractivity contribution in [1.29, 1.82) is 0 Å². The number of furan rings is 1. The fraction of sp³-hybridized carbons (Fsp3) is 0.636. The summed E-state index contributed by atoms with van der Waals surface area (Å²) in [6, 6.07) is 1.57. The van der Waals surface area contributed by atoms with Crippen LogP contribution in [-0.2, 0) is 16.6 Å². The predicted molar refractivity (Wildman–Crippen MR) is 82.0 cm³/mol. The van der Waals surface area contributed by atoms with E-state index in [1.807, 2.05) is 13.2 Å². The van der Waals surface area contributed by atoms with E-state index < -0.39 is 10.0 Å². The van der Waals surface area contributed by atoms with Crippen LogP contribution >= 0.6 is 27.7 Å². The molecule has 1 aromatic heterocycles. The van der Waals surface area contributed by atoms with Crippen LogP contribution in [0.1, 0.15) is 12.7 Å². The van der Waals surface area contributed by atoms with Gasteiger partial charge in [0.1, 0.15) is 10.7 Å². The van der Waals surface area contributed by atoms with Crippen LogP contribution in [0.25, 0.3) is 0 Å². The molecule has 0 aliphatic rings. The first-order valence-electron chi connectivity index (χ1n) is 5.87. The Morgan fingerprint density at radius 2 is 2.21 bits per heavy atom. The standard InChI is InChI=1S/C11H19BrN2O3S2/c1-4-13-8-9-7-10(11(12)17-9)19(15,16)14(2)5-6-18-3/h7,13H,4-6,8H2,1-3H3. The molecule has 0 spiro atoms. The third-order valence-corrected chi connectivity index (χ3v) is 5.86. The molecule has 0 aliphatic carbocycles. The monoisotopic (exact) mass is 370 g/mol. The van der Waals surface area contributed by atoms with Crippen LogP contribution in [0.5, 0.6) is 0 Å². The molecule has 1 rings (SSSR count). The van der Waals surface area contributed by atoms with E-state index in [4.69, 9.17) is 4.42 Å². The van der Waals surface area contributed by atoms with Crippen LogP contribution in [0.15, 0.2) is 20.0 Å². The minimum atomic E-state index is -3.49. The Labute approximate surface area is 127 Å². The molecule has 19 heavy (non-hydrogen) atoms. The predicted octanol–water partition coefficient (Wildman–Crippen LogP) is 2.14. The van der Waals surface area contributed by atoms with Gasteiger partial charge in [0.2, 0.25) is 10.0 Å². The molecule has 110 valence electrons. The molecule has 0 saturated heterocycles. The Bertz CT molecular complexity index is 502. The van der Waals surface area contributed by atoms with Gasteiger partial charge in [0, 0.05) is 25.4 Å². The molecule has 0 bridgehead atoms. The maximum absolute atomic E-state index is 12.4. The van der Waals surface area contributed by atoms with Crippen molar-refractivity contribution in [2.75, 3.05) is 32.1 Å². The largest absolute Gasteiger partial charge is 0.452 e. The molecular weight excluding hydrogens is 352 g/mol. The summed E-state index contributed by atoms with van der Waals surface area (Å²) in [4.78, 5) is 0.184. The van der Waals surface area contributed by atoms with Crippen molar-refractivity contribution in [3.8, 4) is 0 Å². The Balaban J connectivity index is 2.91. The van der Waals surface area contributed by atoms with Gasteiger partial charge in [0.05, 0.1) is 6.54 Å². The molecule has 0 radical (unpaired) electrons. The van der Waals surface area contributed by atoms with Gasteiger partial charge in [-0.2, -0.15) is 16.1 Å². The minimum absolute atomic E-state index is 0.184. The molecule has 1 N–H and O–H groups in total. The summed E-state index contributed by atoms with van der Waals surface area (Å²) in [5, 5.41) is 3.09. The summed E-state index contributed by atoms with van der Waals surface area (Å²) in [6.07, 6.45) is 1.95. The number of halogens is 1. The molecule has 0 atom stereocenters. The second kappa shape index (κ2) is 7.68. The van der Waals surface area contributed by atoms with Crippen LogP contribution in [0.2, 0.25) is 0 Å². The molecule has 0 fully saturated rings. The lowest BCUT2D eigenvalue weighted by atomic mass is 10.4. The van der Waals surface area contributed by atoms with Gasteiger partial charge in [-0.1, -0.05) is 6.92 Å². The van der Waals surface area contributed by atoms with Crippen LogP contribution in [0, 0.1) is 0 Å². The summed E-state index contributed by atoms with van der Waals surface area (Å²) < 4.78 is 31.7. The van der Waals surface area contributed by atoms with Crippen LogP contribution < -0.4 is 5.32 Å². The Hall–Kier alpha value is -0.0200. The lowest BCUT2D eigenvalue weighted by Crippen LogP contribution is -2.29. The van der Waals surface area contributed by atoms with Gasteiger partial charge in [0.25, 0.3) is 0 Å². The van der Waals surface area contributed by atoms with Crippen molar-refractivity contribution in [3.63, 3.8) is 0 Å². The number of rotatable bonds is 8. The Kier molecular flexibility index (Phi) is 6.89. The normalized spacial score (nSPS) is 12.3. The number of hydrogen-bond donors (Lipinski definition) is 1. The molecule has 5 nitrogen and oxygen atoms in total. The molecule has 0 amide bonds. The van der Waals surface area contributed by atoms with Crippen LogP contribution in [0.3, 0.4) is 0 Å². The summed E-state index contributed by atoms with van der Waals surface area (Å²) in [6.45, 7) is 3.77. The highest BCUT2D eigenvalue weighted by molar-refractivity contribution is 9.10. The van der Waals surface area contributed by atoms with Gasteiger partial charge in [-0.3, -0.25) is 0 Å². The zero-order valence-electron chi connectivity index (χ0n) is 11.3. The molecular formula is C11H19BrN2O3S2. The summed E-state index contributed by atoms with van der Waals surface area (Å²) in [7, 11) is -1.92. The minimum Gasteiger partial charge on any atom is -0.452 e. The zero-order valence-corrected chi connectivity index (χ0v) is 14.5. The van der Waals surface area contributed by atoms with Gasteiger partial charge in [-0.05, 0) is 28.7 Å². The van der Waals surface area contributed by atoms with Gasteiger partial charge < -0.3 is 9.73 Å². The molecule has 0 aromatic carbocycles. The highest BCUT2D eigenvalue weighted by Crippen LogP contribution is 2.28. The van der Waals surface area contributed by atoms with E-state index >= 15 is 0 Å². The second-order valence-electron chi connectivity index (χ2n) is 3.95. The average Bonchev–Trinajstić information content (AvgIpc) is 2.75. The van der Waals surface area contributed by atoms with Crippen molar-refractivity contribution in [1.82, 2.24) is 9.62 Å². The van der Waals surface area contributed by atoms with Crippen LogP contribution in [0.4, 0.5) is 0 Å². The van der Waals surface area contributed by atoms with Gasteiger partial charge in [-0.25, -0.2) is 8.42 Å². The van der Waals surface area contributed by atoms with E-state index in [0.29, 0.717) is 18.8 Å². The topological polar surface area (TPSA) is 62.6 Å². The van der Waals surface area contributed by atoms with Crippen molar-refractivity contribution in [2.45, 2.75) is 18.4 Å². The number of nitrogens with zero attached hydrogens (tertiary/aromatic N) is 1. The first-order valence-corrected chi connectivity index (χ1v) is 9.50. The van der Waals surface area contributed by atoms with Crippen molar-refractivity contribution in [3.05, 3.63) is 16.5 Å². The van der Waals surface area contributed by atoms with Crippen molar-refractivity contribution >= 4 is 37.7 Å². The average molecular weight is 371 g/mol. The SMILES string of the molecule is CCNCc1cc(S(=O)(=O)N(C)CCSC)c(Br)o1. The lowest BCUT2D eigenvalue weighted by Gasteiger charge is -2.15. The fourth-order valence-electron chi connectivity index (χ4n) is 1.42. The maximum atomic E-state index is 12.4. The van der Waals surface area contributed by atoms with Crippen molar-refractivity contribution < 1.29 is 12.8 Å². The number of nitrogens with one attached hydrogen (secondary N) is 1. The van der Waals surface area contributed by atoms with E-state index in [2.05, 4.69) is 21.2 Å². The lowest BCUT2D eigenvalue weighted by molar-refractivity contribution is 0.458. The Morgan fingerprint density at radius 3 is 2.79 bits per heavy atom. The molecule has 0 unspecified atom stereocenters. The first kappa shape index (κ1) is 17.0. The third-order valence-electron chi connectivity index (χ3n) is 2.55. The Morgan fingerprint density at radius 1 is 1.53 bits per heavy atom. The number of hydrogen-bond acceptors (Lipinski definition) is 5. The first-order chi connectivity index (χ1) is 8.93. The van der Waals surface area contributed by atoms with Gasteiger partial charge in [-0.15, -0.1) is 0 Å².